The van der Waals surface area contributed by atoms with Crippen molar-refractivity contribution in [2.24, 2.45) is 0 Å². The third-order valence-corrected chi connectivity index (χ3v) is 4.43. The highest BCUT2D eigenvalue weighted by atomic mass is 16.5. The van der Waals surface area contributed by atoms with Gasteiger partial charge in [0.25, 0.3) is 0 Å². The van der Waals surface area contributed by atoms with Crippen LogP contribution in [0.15, 0.2) is 36.4 Å². The zero-order chi connectivity index (χ0) is 16.1. The van der Waals surface area contributed by atoms with Crippen LogP contribution in [0.2, 0.25) is 0 Å². The van der Waals surface area contributed by atoms with Crippen LogP contribution in [0.3, 0.4) is 0 Å². The maximum Gasteiger partial charge on any atom is 0.132 e. The number of phenols is 1. The average molecular weight is 294 g/mol. The normalized spacial score (nSPS) is 15.8. The van der Waals surface area contributed by atoms with E-state index in [2.05, 4.69) is 32.1 Å². The van der Waals surface area contributed by atoms with Crippen LogP contribution in [0.25, 0.3) is 5.57 Å². The minimum atomic E-state index is -0.376. The largest absolute Gasteiger partial charge is 0.507 e. The van der Waals surface area contributed by atoms with Gasteiger partial charge in [0.2, 0.25) is 0 Å². The van der Waals surface area contributed by atoms with Crippen molar-refractivity contribution in [1.29, 1.82) is 0 Å². The first-order valence-corrected chi connectivity index (χ1v) is 7.62. The van der Waals surface area contributed by atoms with Crippen LogP contribution < -0.4 is 4.74 Å². The molecule has 0 fully saturated rings. The smallest absolute Gasteiger partial charge is 0.132 e. The molecule has 0 radical (unpaired) electrons. The molecule has 2 aromatic carbocycles. The lowest BCUT2D eigenvalue weighted by molar-refractivity contribution is 0.156. The summed E-state index contributed by atoms with van der Waals surface area (Å²) in [6.45, 7) is 10.0. The Balaban J connectivity index is 2.36. The van der Waals surface area contributed by atoms with Gasteiger partial charge >= 0.3 is 0 Å². The molecule has 2 aromatic rings. The molecule has 2 heteroatoms. The monoisotopic (exact) mass is 294 g/mol. The van der Waals surface area contributed by atoms with Crippen molar-refractivity contribution in [2.75, 3.05) is 0 Å². The summed E-state index contributed by atoms with van der Waals surface area (Å²) in [7, 11) is 0. The predicted molar refractivity (Wildman–Crippen MR) is 90.5 cm³/mol. The standard InChI is InChI=1S/C20H22O2/c1-12-13(2)19-17(14(3)18(12)21)16(11-20(4,5)22-19)15-9-7-6-8-10-15/h6-11,21H,1-5H3. The van der Waals surface area contributed by atoms with Gasteiger partial charge in [-0.05, 0) is 63.0 Å². The molecule has 0 saturated carbocycles. The lowest BCUT2D eigenvalue weighted by atomic mass is 9.84. The van der Waals surface area contributed by atoms with Gasteiger partial charge in [-0.15, -0.1) is 0 Å². The van der Waals surface area contributed by atoms with Crippen LogP contribution in [0.4, 0.5) is 0 Å². The summed E-state index contributed by atoms with van der Waals surface area (Å²) < 4.78 is 6.23. The molecule has 114 valence electrons. The van der Waals surface area contributed by atoms with E-state index in [1.807, 2.05) is 39.0 Å². The van der Waals surface area contributed by atoms with Crippen LogP contribution in [0, 0.1) is 20.8 Å². The lowest BCUT2D eigenvalue weighted by Crippen LogP contribution is -2.30. The Labute approximate surface area is 132 Å². The summed E-state index contributed by atoms with van der Waals surface area (Å²) in [5, 5.41) is 10.5. The van der Waals surface area contributed by atoms with Crippen LogP contribution in [0.5, 0.6) is 11.5 Å². The molecule has 1 aliphatic rings. The van der Waals surface area contributed by atoms with E-state index in [0.717, 1.165) is 39.1 Å². The number of hydrogen-bond donors (Lipinski definition) is 1. The Bertz CT molecular complexity index is 768. The van der Waals surface area contributed by atoms with Crippen LogP contribution in [-0.4, -0.2) is 10.7 Å². The first kappa shape index (κ1) is 14.7. The molecule has 3 rings (SSSR count). The second kappa shape index (κ2) is 4.91. The van der Waals surface area contributed by atoms with Crippen molar-refractivity contribution >= 4 is 5.57 Å². The van der Waals surface area contributed by atoms with E-state index in [1.165, 1.54) is 0 Å². The number of aromatic hydroxyl groups is 1. The highest BCUT2D eigenvalue weighted by Crippen LogP contribution is 2.47. The zero-order valence-corrected chi connectivity index (χ0v) is 13.8. The van der Waals surface area contributed by atoms with E-state index in [4.69, 9.17) is 4.74 Å². The Morgan fingerprint density at radius 3 is 2.18 bits per heavy atom. The summed E-state index contributed by atoms with van der Waals surface area (Å²) in [5.41, 5.74) is 5.68. The Hall–Kier alpha value is -2.22. The molecule has 1 aliphatic heterocycles. The number of hydrogen-bond acceptors (Lipinski definition) is 2. The lowest BCUT2D eigenvalue weighted by Gasteiger charge is -2.34. The van der Waals surface area contributed by atoms with Gasteiger partial charge in [0.1, 0.15) is 17.1 Å². The summed E-state index contributed by atoms with van der Waals surface area (Å²) >= 11 is 0. The van der Waals surface area contributed by atoms with Crippen molar-refractivity contribution in [3.63, 3.8) is 0 Å². The van der Waals surface area contributed by atoms with Crippen molar-refractivity contribution in [3.8, 4) is 11.5 Å². The molecule has 0 aromatic heterocycles. The predicted octanol–water partition coefficient (Wildman–Crippen LogP) is 4.92. The second-order valence-electron chi connectivity index (χ2n) is 6.56. The Morgan fingerprint density at radius 1 is 0.909 bits per heavy atom. The molecule has 0 amide bonds. The molecule has 0 spiro atoms. The van der Waals surface area contributed by atoms with Crippen LogP contribution >= 0.6 is 0 Å². The third kappa shape index (κ3) is 2.19. The van der Waals surface area contributed by atoms with Gasteiger partial charge in [-0.2, -0.15) is 0 Å². The van der Waals surface area contributed by atoms with Gasteiger partial charge < -0.3 is 9.84 Å². The fraction of sp³-hybridized carbons (Fsp3) is 0.300. The number of ether oxygens (including phenoxy) is 1. The number of rotatable bonds is 1. The zero-order valence-electron chi connectivity index (χ0n) is 13.8. The summed E-state index contributed by atoms with van der Waals surface area (Å²) in [6.07, 6.45) is 2.14. The summed E-state index contributed by atoms with van der Waals surface area (Å²) in [5.74, 6) is 1.25. The van der Waals surface area contributed by atoms with Gasteiger partial charge in [-0.25, -0.2) is 0 Å². The fourth-order valence-corrected chi connectivity index (χ4v) is 3.11. The molecular formula is C20H22O2. The van der Waals surface area contributed by atoms with Crippen molar-refractivity contribution in [1.82, 2.24) is 0 Å². The SMILES string of the molecule is Cc1c(C)c2c(c(C)c1O)C(c1ccccc1)=CC(C)(C)O2. The molecule has 2 nitrogen and oxygen atoms in total. The Kier molecular flexibility index (Phi) is 3.28. The molecule has 1 N–H and O–H groups in total. The molecule has 0 unspecified atom stereocenters. The van der Waals surface area contributed by atoms with E-state index in [-0.39, 0.29) is 5.60 Å². The molecule has 0 saturated heterocycles. The van der Waals surface area contributed by atoms with Gasteiger partial charge in [0.05, 0.1) is 0 Å². The highest BCUT2D eigenvalue weighted by Gasteiger charge is 2.31. The van der Waals surface area contributed by atoms with E-state index in [1.54, 1.807) is 0 Å². The Morgan fingerprint density at radius 2 is 1.55 bits per heavy atom. The summed E-state index contributed by atoms with van der Waals surface area (Å²) in [6, 6.07) is 10.3. The van der Waals surface area contributed by atoms with Crippen LogP contribution in [0.1, 0.15) is 41.7 Å². The van der Waals surface area contributed by atoms with Crippen molar-refractivity contribution in [2.45, 2.75) is 40.2 Å². The van der Waals surface area contributed by atoms with Gasteiger partial charge in [-0.3, -0.25) is 0 Å². The van der Waals surface area contributed by atoms with E-state index < -0.39 is 0 Å². The first-order chi connectivity index (χ1) is 10.3. The fourth-order valence-electron chi connectivity index (χ4n) is 3.11. The molecule has 0 atom stereocenters. The number of phenolic OH excluding ortho intramolecular Hbond substituents is 1. The van der Waals surface area contributed by atoms with Gasteiger partial charge in [0, 0.05) is 11.1 Å². The molecule has 22 heavy (non-hydrogen) atoms. The van der Waals surface area contributed by atoms with Gasteiger partial charge in [-0.1, -0.05) is 30.3 Å². The first-order valence-electron chi connectivity index (χ1n) is 7.62. The highest BCUT2D eigenvalue weighted by molar-refractivity contribution is 5.88. The van der Waals surface area contributed by atoms with E-state index in [0.29, 0.717) is 5.75 Å². The summed E-state index contributed by atoms with van der Waals surface area (Å²) in [4.78, 5) is 0. The minimum Gasteiger partial charge on any atom is -0.507 e. The maximum atomic E-state index is 10.5. The van der Waals surface area contributed by atoms with Crippen LogP contribution in [-0.2, 0) is 0 Å². The van der Waals surface area contributed by atoms with Crippen molar-refractivity contribution < 1.29 is 9.84 Å². The van der Waals surface area contributed by atoms with E-state index in [9.17, 15) is 5.11 Å². The van der Waals surface area contributed by atoms with Crippen molar-refractivity contribution in [3.05, 3.63) is 64.2 Å². The molecule has 1 heterocycles. The molecular weight excluding hydrogens is 272 g/mol. The number of benzene rings is 2. The number of fused-ring (bicyclic) bond motifs is 1. The van der Waals surface area contributed by atoms with Gasteiger partial charge in [0.15, 0.2) is 0 Å². The quantitative estimate of drug-likeness (QED) is 0.809. The topological polar surface area (TPSA) is 29.5 Å². The van der Waals surface area contributed by atoms with E-state index >= 15 is 0 Å². The molecule has 0 aliphatic carbocycles. The second-order valence-corrected chi connectivity index (χ2v) is 6.56. The maximum absolute atomic E-state index is 10.5. The third-order valence-electron chi connectivity index (χ3n) is 4.43. The average Bonchev–Trinajstić information content (AvgIpc) is 2.50. The minimum absolute atomic E-state index is 0.362. The molecule has 0 bridgehead atoms.